The molecule has 0 aromatic heterocycles. The van der Waals surface area contributed by atoms with Crippen molar-refractivity contribution in [1.29, 1.82) is 0 Å². The van der Waals surface area contributed by atoms with Crippen LogP contribution in [0.15, 0.2) is 18.2 Å². The number of amides is 1. The molecule has 92 valence electrons. The third-order valence-electron chi connectivity index (χ3n) is 2.97. The second-order valence-corrected chi connectivity index (χ2v) is 4.72. The molecule has 0 heterocycles. The number of hydrogen-bond donors (Lipinski definition) is 2. The van der Waals surface area contributed by atoms with Crippen LogP contribution in [-0.4, -0.2) is 17.1 Å². The lowest BCUT2D eigenvalue weighted by atomic mass is 10.1. The lowest BCUT2D eigenvalue weighted by Gasteiger charge is -2.13. The van der Waals surface area contributed by atoms with Gasteiger partial charge in [0.1, 0.15) is 11.6 Å². The Labute approximate surface area is 99.7 Å². The van der Waals surface area contributed by atoms with Crippen molar-refractivity contribution in [3.8, 4) is 5.75 Å². The molecule has 0 aliphatic heterocycles. The van der Waals surface area contributed by atoms with E-state index < -0.39 is 5.82 Å². The first-order valence-corrected chi connectivity index (χ1v) is 5.85. The van der Waals surface area contributed by atoms with E-state index in [1.807, 2.05) is 6.92 Å². The van der Waals surface area contributed by atoms with Crippen molar-refractivity contribution >= 4 is 5.91 Å². The minimum absolute atomic E-state index is 0.0828. The lowest BCUT2D eigenvalue weighted by molar-refractivity contribution is 0.0934. The Kier molecular flexibility index (Phi) is 3.31. The van der Waals surface area contributed by atoms with Crippen LogP contribution in [0, 0.1) is 11.7 Å². The summed E-state index contributed by atoms with van der Waals surface area (Å²) in [5.74, 6) is -0.492. The average molecular weight is 237 g/mol. The summed E-state index contributed by atoms with van der Waals surface area (Å²) >= 11 is 0. The third-order valence-corrected chi connectivity index (χ3v) is 2.97. The van der Waals surface area contributed by atoms with Crippen molar-refractivity contribution in [2.75, 3.05) is 0 Å². The molecule has 2 N–H and O–H groups in total. The molecule has 2 rings (SSSR count). The smallest absolute Gasteiger partial charge is 0.255 e. The standard InChI is InChI=1S/C13H16FNO2/c1-8(6-9-2-3-9)15-13(17)11-5-4-10(14)7-12(11)16/h4-5,7-9,16H,2-3,6H2,1H3,(H,15,17). The molecule has 0 radical (unpaired) electrons. The zero-order chi connectivity index (χ0) is 12.4. The van der Waals surface area contributed by atoms with Gasteiger partial charge in [0.2, 0.25) is 0 Å². The second-order valence-electron chi connectivity index (χ2n) is 4.72. The quantitative estimate of drug-likeness (QED) is 0.845. The van der Waals surface area contributed by atoms with Crippen molar-refractivity contribution in [2.24, 2.45) is 5.92 Å². The minimum Gasteiger partial charge on any atom is -0.507 e. The predicted octanol–water partition coefficient (Wildman–Crippen LogP) is 2.45. The molecule has 1 unspecified atom stereocenters. The predicted molar refractivity (Wildman–Crippen MR) is 62.3 cm³/mol. The lowest BCUT2D eigenvalue weighted by Crippen LogP contribution is -2.32. The molecule has 1 aromatic carbocycles. The van der Waals surface area contributed by atoms with Gasteiger partial charge in [0.25, 0.3) is 5.91 Å². The molecule has 4 heteroatoms. The fourth-order valence-corrected chi connectivity index (χ4v) is 1.91. The third kappa shape index (κ3) is 3.19. The SMILES string of the molecule is CC(CC1CC1)NC(=O)c1ccc(F)cc1O. The molecular formula is C13H16FNO2. The Hall–Kier alpha value is -1.58. The van der Waals surface area contributed by atoms with E-state index in [-0.39, 0.29) is 23.3 Å². The number of nitrogens with one attached hydrogen (secondary N) is 1. The van der Waals surface area contributed by atoms with E-state index in [0.717, 1.165) is 18.4 Å². The van der Waals surface area contributed by atoms with Gasteiger partial charge in [-0.05, 0) is 31.4 Å². The summed E-state index contributed by atoms with van der Waals surface area (Å²) in [4.78, 5) is 11.8. The van der Waals surface area contributed by atoms with E-state index in [9.17, 15) is 14.3 Å². The number of phenols is 1. The van der Waals surface area contributed by atoms with Crippen LogP contribution in [-0.2, 0) is 0 Å². The highest BCUT2D eigenvalue weighted by Gasteiger charge is 2.24. The van der Waals surface area contributed by atoms with Gasteiger partial charge in [-0.3, -0.25) is 4.79 Å². The summed E-state index contributed by atoms with van der Waals surface area (Å²) in [6.45, 7) is 1.94. The van der Waals surface area contributed by atoms with Crippen LogP contribution in [0.5, 0.6) is 5.75 Å². The van der Waals surface area contributed by atoms with E-state index in [0.29, 0.717) is 0 Å². The largest absolute Gasteiger partial charge is 0.507 e. The van der Waals surface area contributed by atoms with Crippen LogP contribution in [0.2, 0.25) is 0 Å². The molecular weight excluding hydrogens is 221 g/mol. The molecule has 17 heavy (non-hydrogen) atoms. The van der Waals surface area contributed by atoms with Crippen molar-refractivity contribution in [3.63, 3.8) is 0 Å². The maximum Gasteiger partial charge on any atom is 0.255 e. The van der Waals surface area contributed by atoms with Crippen LogP contribution in [0.1, 0.15) is 36.5 Å². The van der Waals surface area contributed by atoms with Gasteiger partial charge in [-0.15, -0.1) is 0 Å². The first kappa shape index (κ1) is 11.9. The van der Waals surface area contributed by atoms with Crippen molar-refractivity contribution < 1.29 is 14.3 Å². The Bertz CT molecular complexity index is 429. The molecule has 1 amide bonds. The maximum atomic E-state index is 12.8. The first-order chi connectivity index (χ1) is 8.06. The summed E-state index contributed by atoms with van der Waals surface area (Å²) in [5, 5.41) is 12.3. The molecule has 1 aliphatic rings. The number of carbonyl (C=O) groups is 1. The van der Waals surface area contributed by atoms with Gasteiger partial charge in [-0.25, -0.2) is 4.39 Å². The van der Waals surface area contributed by atoms with E-state index in [4.69, 9.17) is 0 Å². The highest BCUT2D eigenvalue weighted by atomic mass is 19.1. The van der Waals surface area contributed by atoms with E-state index in [2.05, 4.69) is 5.32 Å². The van der Waals surface area contributed by atoms with E-state index >= 15 is 0 Å². The zero-order valence-electron chi connectivity index (χ0n) is 9.74. The number of aromatic hydroxyl groups is 1. The number of carbonyl (C=O) groups excluding carboxylic acids is 1. The Morgan fingerprint density at radius 1 is 1.59 bits per heavy atom. The number of benzene rings is 1. The average Bonchev–Trinajstić information content (AvgIpc) is 3.00. The Morgan fingerprint density at radius 2 is 2.29 bits per heavy atom. The summed E-state index contributed by atoms with van der Waals surface area (Å²) in [6.07, 6.45) is 3.44. The summed E-state index contributed by atoms with van der Waals surface area (Å²) in [6, 6.07) is 3.49. The molecule has 0 saturated heterocycles. The number of hydrogen-bond acceptors (Lipinski definition) is 2. The fraction of sp³-hybridized carbons (Fsp3) is 0.462. The van der Waals surface area contributed by atoms with Crippen LogP contribution in [0.4, 0.5) is 4.39 Å². The Balaban J connectivity index is 1.98. The summed E-state index contributed by atoms with van der Waals surface area (Å²) < 4.78 is 12.8. The number of rotatable bonds is 4. The monoisotopic (exact) mass is 237 g/mol. The summed E-state index contributed by atoms with van der Waals surface area (Å²) in [7, 11) is 0. The molecule has 1 aromatic rings. The fourth-order valence-electron chi connectivity index (χ4n) is 1.91. The van der Waals surface area contributed by atoms with Crippen molar-refractivity contribution in [2.45, 2.75) is 32.2 Å². The van der Waals surface area contributed by atoms with Crippen molar-refractivity contribution in [3.05, 3.63) is 29.6 Å². The second kappa shape index (κ2) is 4.73. The maximum absolute atomic E-state index is 12.8. The van der Waals surface area contributed by atoms with Gasteiger partial charge in [-0.1, -0.05) is 12.8 Å². The summed E-state index contributed by atoms with van der Waals surface area (Å²) in [5.41, 5.74) is 0.119. The molecule has 3 nitrogen and oxygen atoms in total. The van der Waals surface area contributed by atoms with Gasteiger partial charge in [0.15, 0.2) is 0 Å². The van der Waals surface area contributed by atoms with Crippen molar-refractivity contribution in [1.82, 2.24) is 5.32 Å². The van der Waals surface area contributed by atoms with E-state index in [1.54, 1.807) is 0 Å². The molecule has 1 aliphatic carbocycles. The van der Waals surface area contributed by atoms with Crippen LogP contribution in [0.25, 0.3) is 0 Å². The topological polar surface area (TPSA) is 49.3 Å². The normalized spacial score (nSPS) is 16.6. The van der Waals surface area contributed by atoms with E-state index in [1.165, 1.54) is 25.0 Å². The molecule has 0 bridgehead atoms. The van der Waals surface area contributed by atoms with Gasteiger partial charge < -0.3 is 10.4 Å². The van der Waals surface area contributed by atoms with Gasteiger partial charge >= 0.3 is 0 Å². The molecule has 0 spiro atoms. The number of phenolic OH excluding ortho intramolecular Hbond substituents is 1. The van der Waals surface area contributed by atoms with Crippen LogP contribution < -0.4 is 5.32 Å². The molecule has 1 atom stereocenters. The van der Waals surface area contributed by atoms with Crippen LogP contribution >= 0.6 is 0 Å². The zero-order valence-corrected chi connectivity index (χ0v) is 9.74. The molecule has 1 fully saturated rings. The molecule has 1 saturated carbocycles. The van der Waals surface area contributed by atoms with Gasteiger partial charge in [0.05, 0.1) is 5.56 Å². The van der Waals surface area contributed by atoms with Gasteiger partial charge in [0, 0.05) is 12.1 Å². The number of halogens is 1. The van der Waals surface area contributed by atoms with Gasteiger partial charge in [-0.2, -0.15) is 0 Å². The Morgan fingerprint density at radius 3 is 2.88 bits per heavy atom. The highest BCUT2D eigenvalue weighted by Crippen LogP contribution is 2.33. The minimum atomic E-state index is -0.551. The highest BCUT2D eigenvalue weighted by molar-refractivity contribution is 5.96. The first-order valence-electron chi connectivity index (χ1n) is 5.85. The van der Waals surface area contributed by atoms with Crippen LogP contribution in [0.3, 0.4) is 0 Å².